The Kier molecular flexibility index (Phi) is 3.74. The van der Waals surface area contributed by atoms with Crippen LogP contribution in [-0.4, -0.2) is 23.3 Å². The van der Waals surface area contributed by atoms with Crippen LogP contribution >= 0.6 is 11.3 Å². The van der Waals surface area contributed by atoms with E-state index >= 15 is 0 Å². The Bertz CT molecular complexity index is 531. The summed E-state index contributed by atoms with van der Waals surface area (Å²) >= 11 is 1.60. The van der Waals surface area contributed by atoms with E-state index in [1.807, 2.05) is 0 Å². The van der Waals surface area contributed by atoms with E-state index < -0.39 is 0 Å². The number of carbonyl (C=O) groups is 2. The lowest BCUT2D eigenvalue weighted by Crippen LogP contribution is -2.40. The molecular formula is C14H19N3O2S. The van der Waals surface area contributed by atoms with Gasteiger partial charge in [0.2, 0.25) is 11.8 Å². The Labute approximate surface area is 122 Å². The summed E-state index contributed by atoms with van der Waals surface area (Å²) < 4.78 is 0. The Morgan fingerprint density at radius 2 is 2.25 bits per heavy atom. The number of aromatic nitrogens is 1. The summed E-state index contributed by atoms with van der Waals surface area (Å²) in [6.45, 7) is 2.69. The normalized spacial score (nSPS) is 25.8. The SMILES string of the molecule is C[C@@H]1CCc2nc(NC(=O)[C@@H]3CCC(=O)NC3)sc2C1. The van der Waals surface area contributed by atoms with E-state index in [1.54, 1.807) is 11.3 Å². The molecule has 1 aliphatic carbocycles. The highest BCUT2D eigenvalue weighted by Crippen LogP contribution is 2.32. The number of rotatable bonds is 2. The average molecular weight is 293 g/mol. The van der Waals surface area contributed by atoms with Crippen LogP contribution in [0, 0.1) is 11.8 Å². The summed E-state index contributed by atoms with van der Waals surface area (Å²) in [6.07, 6.45) is 4.33. The second-order valence-electron chi connectivity index (χ2n) is 5.77. The Morgan fingerprint density at radius 1 is 1.40 bits per heavy atom. The van der Waals surface area contributed by atoms with Crippen LogP contribution < -0.4 is 10.6 Å². The molecule has 108 valence electrons. The van der Waals surface area contributed by atoms with Gasteiger partial charge in [-0.1, -0.05) is 6.92 Å². The molecule has 2 atom stereocenters. The number of anilines is 1. The molecule has 1 aliphatic heterocycles. The molecule has 2 amide bonds. The first kappa shape index (κ1) is 13.5. The predicted molar refractivity (Wildman–Crippen MR) is 77.7 cm³/mol. The molecule has 20 heavy (non-hydrogen) atoms. The van der Waals surface area contributed by atoms with Crippen molar-refractivity contribution in [1.82, 2.24) is 10.3 Å². The van der Waals surface area contributed by atoms with E-state index in [1.165, 1.54) is 11.3 Å². The number of nitrogens with one attached hydrogen (secondary N) is 2. The van der Waals surface area contributed by atoms with Gasteiger partial charge < -0.3 is 10.6 Å². The highest BCUT2D eigenvalue weighted by atomic mass is 32.1. The standard InChI is InChI=1S/C14H19N3O2S/c1-8-2-4-10-11(6-8)20-14(16-10)17-13(19)9-3-5-12(18)15-7-9/h8-9H,2-7H2,1H3,(H,15,18)(H,16,17,19)/t8-,9-/m1/s1. The minimum absolute atomic E-state index is 0.0239. The van der Waals surface area contributed by atoms with Crippen molar-refractivity contribution in [2.45, 2.75) is 39.0 Å². The number of aryl methyl sites for hydroxylation is 1. The van der Waals surface area contributed by atoms with E-state index in [2.05, 4.69) is 22.5 Å². The molecule has 0 bridgehead atoms. The first-order chi connectivity index (χ1) is 9.61. The molecule has 0 spiro atoms. The number of amides is 2. The quantitative estimate of drug-likeness (QED) is 0.872. The average Bonchev–Trinajstić information content (AvgIpc) is 2.80. The fourth-order valence-corrected chi connectivity index (χ4v) is 3.93. The molecule has 1 saturated heterocycles. The maximum Gasteiger partial charge on any atom is 0.231 e. The molecule has 2 heterocycles. The van der Waals surface area contributed by atoms with Gasteiger partial charge in [-0.3, -0.25) is 9.59 Å². The number of nitrogens with zero attached hydrogens (tertiary/aromatic N) is 1. The molecule has 1 aromatic heterocycles. The van der Waals surface area contributed by atoms with Gasteiger partial charge in [0, 0.05) is 17.8 Å². The number of piperidine rings is 1. The van der Waals surface area contributed by atoms with E-state index in [0.29, 0.717) is 30.4 Å². The molecule has 1 fully saturated rings. The van der Waals surface area contributed by atoms with E-state index in [9.17, 15) is 9.59 Å². The van der Waals surface area contributed by atoms with Crippen LogP contribution in [-0.2, 0) is 22.4 Å². The van der Waals surface area contributed by atoms with Crippen molar-refractivity contribution in [3.05, 3.63) is 10.6 Å². The monoisotopic (exact) mass is 293 g/mol. The van der Waals surface area contributed by atoms with Gasteiger partial charge in [-0.2, -0.15) is 0 Å². The van der Waals surface area contributed by atoms with Crippen molar-refractivity contribution in [3.8, 4) is 0 Å². The number of fused-ring (bicyclic) bond motifs is 1. The second-order valence-corrected chi connectivity index (χ2v) is 6.85. The van der Waals surface area contributed by atoms with Crippen molar-refractivity contribution < 1.29 is 9.59 Å². The highest BCUT2D eigenvalue weighted by Gasteiger charge is 2.26. The third-order valence-corrected chi connectivity index (χ3v) is 5.09. The molecule has 0 radical (unpaired) electrons. The van der Waals surface area contributed by atoms with Gasteiger partial charge in [0.1, 0.15) is 0 Å². The second kappa shape index (κ2) is 5.52. The van der Waals surface area contributed by atoms with Crippen LogP contribution in [0.1, 0.15) is 36.8 Å². The first-order valence-corrected chi connectivity index (χ1v) is 7.99. The number of thiazole rings is 1. The van der Waals surface area contributed by atoms with Crippen LogP contribution in [0.25, 0.3) is 0 Å². The summed E-state index contributed by atoms with van der Waals surface area (Å²) in [5.41, 5.74) is 1.15. The topological polar surface area (TPSA) is 71.1 Å². The summed E-state index contributed by atoms with van der Waals surface area (Å²) in [5.74, 6) is 0.588. The fourth-order valence-electron chi connectivity index (χ4n) is 2.76. The van der Waals surface area contributed by atoms with Gasteiger partial charge in [-0.15, -0.1) is 11.3 Å². The third-order valence-electron chi connectivity index (χ3n) is 4.05. The van der Waals surface area contributed by atoms with Crippen LogP contribution in [0.15, 0.2) is 0 Å². The molecule has 5 nitrogen and oxygen atoms in total. The van der Waals surface area contributed by atoms with Crippen molar-refractivity contribution in [1.29, 1.82) is 0 Å². The van der Waals surface area contributed by atoms with Crippen LogP contribution in [0.4, 0.5) is 5.13 Å². The van der Waals surface area contributed by atoms with Crippen LogP contribution in [0.5, 0.6) is 0 Å². The largest absolute Gasteiger partial charge is 0.355 e. The zero-order chi connectivity index (χ0) is 14.1. The zero-order valence-electron chi connectivity index (χ0n) is 11.6. The maximum absolute atomic E-state index is 12.2. The first-order valence-electron chi connectivity index (χ1n) is 7.18. The lowest BCUT2D eigenvalue weighted by Gasteiger charge is -2.20. The van der Waals surface area contributed by atoms with Crippen molar-refractivity contribution in [2.75, 3.05) is 11.9 Å². The number of hydrogen-bond acceptors (Lipinski definition) is 4. The molecule has 0 unspecified atom stereocenters. The fraction of sp³-hybridized carbons (Fsp3) is 0.643. The van der Waals surface area contributed by atoms with Crippen molar-refractivity contribution in [3.63, 3.8) is 0 Å². The number of hydrogen-bond donors (Lipinski definition) is 2. The van der Waals surface area contributed by atoms with Crippen LogP contribution in [0.3, 0.4) is 0 Å². The Morgan fingerprint density at radius 3 is 3.00 bits per heavy atom. The molecular weight excluding hydrogens is 274 g/mol. The van der Waals surface area contributed by atoms with E-state index in [-0.39, 0.29) is 17.7 Å². The zero-order valence-corrected chi connectivity index (χ0v) is 12.4. The van der Waals surface area contributed by atoms with Gasteiger partial charge in [-0.25, -0.2) is 4.98 Å². The summed E-state index contributed by atoms with van der Waals surface area (Å²) in [4.78, 5) is 29.1. The van der Waals surface area contributed by atoms with Gasteiger partial charge in [0.25, 0.3) is 0 Å². The van der Waals surface area contributed by atoms with Crippen LogP contribution in [0.2, 0.25) is 0 Å². The molecule has 6 heteroatoms. The molecule has 2 aliphatic rings. The van der Waals surface area contributed by atoms with E-state index in [4.69, 9.17) is 0 Å². The number of carbonyl (C=O) groups excluding carboxylic acids is 2. The van der Waals surface area contributed by atoms with Crippen molar-refractivity contribution >= 4 is 28.3 Å². The minimum Gasteiger partial charge on any atom is -0.355 e. The molecule has 1 aromatic rings. The Balaban J connectivity index is 1.63. The van der Waals surface area contributed by atoms with E-state index in [0.717, 1.165) is 18.5 Å². The van der Waals surface area contributed by atoms with Crippen molar-refractivity contribution in [2.24, 2.45) is 11.8 Å². The lowest BCUT2D eigenvalue weighted by molar-refractivity contribution is -0.126. The summed E-state index contributed by atoms with van der Waals surface area (Å²) in [6, 6.07) is 0. The molecule has 0 saturated carbocycles. The predicted octanol–water partition coefficient (Wildman–Crippen LogP) is 1.73. The van der Waals surface area contributed by atoms with Gasteiger partial charge in [0.05, 0.1) is 11.6 Å². The summed E-state index contributed by atoms with van der Waals surface area (Å²) in [5, 5.41) is 6.37. The van der Waals surface area contributed by atoms with Gasteiger partial charge >= 0.3 is 0 Å². The third kappa shape index (κ3) is 2.85. The maximum atomic E-state index is 12.2. The molecule has 0 aromatic carbocycles. The van der Waals surface area contributed by atoms with Gasteiger partial charge in [0.15, 0.2) is 5.13 Å². The smallest absolute Gasteiger partial charge is 0.231 e. The Hall–Kier alpha value is -1.43. The highest BCUT2D eigenvalue weighted by molar-refractivity contribution is 7.15. The lowest BCUT2D eigenvalue weighted by atomic mass is 9.93. The summed E-state index contributed by atoms with van der Waals surface area (Å²) in [7, 11) is 0. The molecule has 3 rings (SSSR count). The molecule has 2 N–H and O–H groups in total. The van der Waals surface area contributed by atoms with Gasteiger partial charge in [-0.05, 0) is 31.6 Å². The minimum atomic E-state index is -0.132.